The summed E-state index contributed by atoms with van der Waals surface area (Å²) in [5.41, 5.74) is 0. The van der Waals surface area contributed by atoms with Gasteiger partial charge in [0.1, 0.15) is 3.51 Å². The lowest BCUT2D eigenvalue weighted by molar-refractivity contribution is -0.135. The highest BCUT2D eigenvalue weighted by Crippen LogP contribution is 2.14. The largest absolute Gasteiger partial charge is 0.462 e. The van der Waals surface area contributed by atoms with Gasteiger partial charge in [0.2, 0.25) is 0 Å². The Morgan fingerprint density at radius 2 is 1.88 bits per heavy atom. The van der Waals surface area contributed by atoms with Crippen LogP contribution in [-0.4, -0.2) is 21.9 Å². The van der Waals surface area contributed by atoms with E-state index in [4.69, 9.17) is 4.74 Å². The molecule has 86 valence electrons. The Morgan fingerprint density at radius 3 is 2.38 bits per heavy atom. The van der Waals surface area contributed by atoms with Crippen LogP contribution in [0, 0.1) is 3.57 Å². The summed E-state index contributed by atoms with van der Waals surface area (Å²) in [4.78, 5) is 22.9. The third-order valence-electron chi connectivity index (χ3n) is 1.70. The average molecular weight is 332 g/mol. The van der Waals surface area contributed by atoms with Crippen molar-refractivity contribution in [2.24, 2.45) is 0 Å². The predicted octanol–water partition coefficient (Wildman–Crippen LogP) is 2.15. The molecule has 0 aliphatic rings. The molecule has 0 saturated carbocycles. The maximum absolute atomic E-state index is 11.5. The van der Waals surface area contributed by atoms with Gasteiger partial charge >= 0.3 is 5.97 Å². The van der Waals surface area contributed by atoms with E-state index < -0.39 is 26.7 Å². The number of hydrogen-bond donors (Lipinski definition) is 0. The van der Waals surface area contributed by atoms with E-state index in [2.05, 4.69) is 0 Å². The van der Waals surface area contributed by atoms with Crippen LogP contribution in [0.15, 0.2) is 30.3 Å². The van der Waals surface area contributed by atoms with Crippen LogP contribution in [0.3, 0.4) is 0 Å². The van der Waals surface area contributed by atoms with Gasteiger partial charge in [-0.3, -0.25) is 4.79 Å². The molecule has 0 saturated heterocycles. The number of ether oxygens (including phenoxy) is 1. The van der Waals surface area contributed by atoms with Gasteiger partial charge in [-0.25, -0.2) is 4.79 Å². The first-order valence-corrected chi connectivity index (χ1v) is 7.05. The van der Waals surface area contributed by atoms with Gasteiger partial charge in [0.25, 0.3) is 0 Å². The Labute approximate surface area is 105 Å². The fraction of sp³-hybridized carbons (Fsp3) is 0.250. The summed E-state index contributed by atoms with van der Waals surface area (Å²) in [6.07, 6.45) is 0. The van der Waals surface area contributed by atoms with Crippen LogP contribution in [0.1, 0.15) is 13.8 Å². The quantitative estimate of drug-likeness (QED) is 0.482. The van der Waals surface area contributed by atoms with Crippen molar-refractivity contribution < 1.29 is 14.3 Å². The van der Waals surface area contributed by atoms with Gasteiger partial charge in [-0.2, -0.15) is 0 Å². The summed E-state index contributed by atoms with van der Waals surface area (Å²) < 4.78 is 6.22. The Balaban J connectivity index is 2.99. The summed E-state index contributed by atoms with van der Waals surface area (Å²) in [7, 11) is 0. The second-order valence-electron chi connectivity index (χ2n) is 2.98. The van der Waals surface area contributed by atoms with Crippen LogP contribution in [0.5, 0.6) is 0 Å². The first-order chi connectivity index (χ1) is 7.65. The Kier molecular flexibility index (Phi) is 5.31. The molecule has 0 fully saturated rings. The van der Waals surface area contributed by atoms with Crippen LogP contribution in [0.25, 0.3) is 0 Å². The minimum atomic E-state index is -0.740. The molecule has 0 radical (unpaired) electrons. The molecule has 4 heteroatoms. The highest BCUT2D eigenvalue weighted by atomic mass is 127. The number of ketones is 1. The topological polar surface area (TPSA) is 43.4 Å². The summed E-state index contributed by atoms with van der Waals surface area (Å²) in [6.45, 7) is 3.44. The van der Waals surface area contributed by atoms with Crippen molar-refractivity contribution in [2.75, 3.05) is 6.61 Å². The first-order valence-electron chi connectivity index (χ1n) is 4.90. The monoisotopic (exact) mass is 332 g/mol. The second-order valence-corrected chi connectivity index (χ2v) is 5.84. The molecule has 0 aliphatic heterocycles. The van der Waals surface area contributed by atoms with Gasteiger partial charge < -0.3 is 4.74 Å². The molecule has 0 heterocycles. The molecule has 1 aromatic carbocycles. The highest BCUT2D eigenvalue weighted by molar-refractivity contribution is 14.2. The number of halogens is 1. The Bertz CT molecular complexity index is 410. The van der Waals surface area contributed by atoms with E-state index in [1.54, 1.807) is 6.92 Å². The third kappa shape index (κ3) is 3.84. The Hall–Kier alpha value is -1.04. The minimum Gasteiger partial charge on any atom is -0.462 e. The molecule has 0 amide bonds. The standard InChI is InChI=1S/C12H13IO3/c1-3-16-12(15)11(9(2)14)13-10-7-5-4-6-8-10/h4-8H,3H2,1-2H3. The van der Waals surface area contributed by atoms with E-state index in [9.17, 15) is 9.59 Å². The van der Waals surface area contributed by atoms with Crippen molar-refractivity contribution in [3.8, 4) is 0 Å². The molecule has 0 aliphatic carbocycles. The van der Waals surface area contributed by atoms with Crippen LogP contribution in [0.4, 0.5) is 0 Å². The van der Waals surface area contributed by atoms with E-state index in [0.29, 0.717) is 10.1 Å². The lowest BCUT2D eigenvalue weighted by atomic mass is 10.3. The normalized spacial score (nSPS) is 11.5. The maximum Gasteiger partial charge on any atom is 0.347 e. The van der Waals surface area contributed by atoms with E-state index in [-0.39, 0.29) is 5.78 Å². The van der Waals surface area contributed by atoms with Crippen molar-refractivity contribution in [3.63, 3.8) is 0 Å². The van der Waals surface area contributed by atoms with Crippen molar-refractivity contribution in [2.45, 2.75) is 13.8 Å². The maximum atomic E-state index is 11.5. The van der Waals surface area contributed by atoms with Crippen LogP contribution in [0.2, 0.25) is 0 Å². The van der Waals surface area contributed by atoms with Crippen molar-refractivity contribution in [3.05, 3.63) is 33.9 Å². The van der Waals surface area contributed by atoms with Gasteiger partial charge in [-0.05, 0) is 26.0 Å². The SMILES string of the molecule is CCOC(=O)C(=Ic1ccccc1)C(C)=O. The molecule has 1 rings (SSSR count). The van der Waals surface area contributed by atoms with Gasteiger partial charge in [0.15, 0.2) is 5.78 Å². The van der Waals surface area contributed by atoms with Gasteiger partial charge in [0, 0.05) is 3.57 Å². The predicted molar refractivity (Wildman–Crippen MR) is 71.5 cm³/mol. The van der Waals surface area contributed by atoms with Gasteiger partial charge in [-0.1, -0.05) is 38.9 Å². The summed E-state index contributed by atoms with van der Waals surface area (Å²) in [6, 6.07) is 9.56. The molecular formula is C12H13IO3. The van der Waals surface area contributed by atoms with E-state index in [1.807, 2.05) is 30.3 Å². The smallest absolute Gasteiger partial charge is 0.347 e. The number of hydrogen-bond acceptors (Lipinski definition) is 3. The lowest BCUT2D eigenvalue weighted by Gasteiger charge is -2.02. The second kappa shape index (κ2) is 6.52. The molecule has 0 N–H and O–H groups in total. The summed E-state index contributed by atoms with van der Waals surface area (Å²) in [5, 5.41) is 0. The summed E-state index contributed by atoms with van der Waals surface area (Å²) >= 11 is -0.740. The third-order valence-corrected chi connectivity index (χ3v) is 4.78. The molecule has 0 unspecified atom stereocenters. The number of carbonyl (C=O) groups is 2. The van der Waals surface area contributed by atoms with E-state index >= 15 is 0 Å². The molecule has 1 aromatic rings. The zero-order valence-electron chi connectivity index (χ0n) is 9.20. The zero-order valence-corrected chi connectivity index (χ0v) is 11.4. The molecule has 3 nitrogen and oxygen atoms in total. The average Bonchev–Trinajstić information content (AvgIpc) is 2.27. The molecule has 0 bridgehead atoms. The fourth-order valence-corrected chi connectivity index (χ4v) is 3.18. The number of Topliss-reactive ketones (excluding diaryl/α,β-unsaturated/α-hetero) is 1. The molecular weight excluding hydrogens is 319 g/mol. The van der Waals surface area contributed by atoms with Gasteiger partial charge in [-0.15, -0.1) is 0 Å². The first kappa shape index (κ1) is 13.0. The van der Waals surface area contributed by atoms with Crippen LogP contribution in [-0.2, 0) is 14.3 Å². The minimum absolute atomic E-state index is 0.185. The fourth-order valence-electron chi connectivity index (χ4n) is 1.03. The lowest BCUT2D eigenvalue weighted by Crippen LogP contribution is -2.22. The van der Waals surface area contributed by atoms with Gasteiger partial charge in [0.05, 0.1) is 6.61 Å². The van der Waals surface area contributed by atoms with E-state index in [1.165, 1.54) is 6.92 Å². The van der Waals surface area contributed by atoms with Crippen molar-refractivity contribution in [1.29, 1.82) is 0 Å². The van der Waals surface area contributed by atoms with E-state index in [0.717, 1.165) is 3.57 Å². The zero-order chi connectivity index (χ0) is 12.0. The number of rotatable bonds is 4. The number of benzene rings is 1. The Morgan fingerprint density at radius 1 is 1.25 bits per heavy atom. The summed E-state index contributed by atoms with van der Waals surface area (Å²) in [5.74, 6) is -0.651. The highest BCUT2D eigenvalue weighted by Gasteiger charge is 2.16. The van der Waals surface area contributed by atoms with Crippen molar-refractivity contribution >= 4 is 36.0 Å². The van der Waals surface area contributed by atoms with Crippen LogP contribution < -0.4 is 0 Å². The number of esters is 1. The number of carbonyl (C=O) groups excluding carboxylic acids is 2. The molecule has 0 aromatic heterocycles. The molecule has 0 spiro atoms. The van der Waals surface area contributed by atoms with Crippen LogP contribution >= 0.6 is 20.7 Å². The molecule has 16 heavy (non-hydrogen) atoms. The molecule has 0 atom stereocenters. The van der Waals surface area contributed by atoms with Crippen molar-refractivity contribution in [1.82, 2.24) is 0 Å².